The van der Waals surface area contributed by atoms with Gasteiger partial charge >= 0.3 is 0 Å². The van der Waals surface area contributed by atoms with Gasteiger partial charge in [-0.15, -0.1) is 15.3 Å². The number of rotatable bonds is 5. The van der Waals surface area contributed by atoms with Gasteiger partial charge < -0.3 is 10.1 Å². The summed E-state index contributed by atoms with van der Waals surface area (Å²) in [5.41, 5.74) is 1.92. The molecule has 1 fully saturated rings. The van der Waals surface area contributed by atoms with Crippen LogP contribution in [0.25, 0.3) is 16.3 Å². The highest BCUT2D eigenvalue weighted by Gasteiger charge is 2.16. The predicted molar refractivity (Wildman–Crippen MR) is 85.5 cm³/mol. The van der Waals surface area contributed by atoms with Crippen LogP contribution in [0.15, 0.2) is 30.6 Å². The van der Waals surface area contributed by atoms with Crippen molar-refractivity contribution in [3.63, 3.8) is 0 Å². The standard InChI is InChI=1S/C14H15N7OS/c1-2-12(22-7-1)8-15-14-18-17-13(23-14)10-3-5-11(6-4-10)21-9-16-19-20-21/h3-6,9,12H,1-2,7-8H2,(H,15,18). The van der Waals surface area contributed by atoms with Gasteiger partial charge in [0.15, 0.2) is 0 Å². The number of hydrogen-bond acceptors (Lipinski definition) is 8. The van der Waals surface area contributed by atoms with Gasteiger partial charge in [0.05, 0.1) is 11.8 Å². The summed E-state index contributed by atoms with van der Waals surface area (Å²) in [6.07, 6.45) is 4.10. The molecule has 8 nitrogen and oxygen atoms in total. The van der Waals surface area contributed by atoms with Crippen molar-refractivity contribution in [2.45, 2.75) is 18.9 Å². The van der Waals surface area contributed by atoms with Gasteiger partial charge in [0, 0.05) is 18.7 Å². The van der Waals surface area contributed by atoms with Crippen LogP contribution < -0.4 is 5.32 Å². The first-order chi connectivity index (χ1) is 11.4. The molecule has 4 rings (SSSR count). The van der Waals surface area contributed by atoms with E-state index >= 15 is 0 Å². The second kappa shape index (κ2) is 6.39. The quantitative estimate of drug-likeness (QED) is 0.763. The number of anilines is 1. The molecule has 0 saturated carbocycles. The van der Waals surface area contributed by atoms with Gasteiger partial charge in [-0.25, -0.2) is 4.68 Å². The molecule has 1 aliphatic heterocycles. The van der Waals surface area contributed by atoms with E-state index in [2.05, 4.69) is 31.0 Å². The van der Waals surface area contributed by atoms with Gasteiger partial charge in [-0.1, -0.05) is 11.3 Å². The Kier molecular flexibility index (Phi) is 3.95. The minimum Gasteiger partial charge on any atom is -0.376 e. The zero-order valence-electron chi connectivity index (χ0n) is 12.3. The lowest BCUT2D eigenvalue weighted by atomic mass is 10.2. The maximum atomic E-state index is 5.59. The van der Waals surface area contributed by atoms with Crippen LogP contribution >= 0.6 is 11.3 Å². The van der Waals surface area contributed by atoms with Crippen LogP contribution in [-0.2, 0) is 4.74 Å². The number of nitrogens with zero attached hydrogens (tertiary/aromatic N) is 6. The van der Waals surface area contributed by atoms with Crippen LogP contribution in [0.1, 0.15) is 12.8 Å². The monoisotopic (exact) mass is 329 g/mol. The minimum atomic E-state index is 0.290. The molecule has 9 heteroatoms. The van der Waals surface area contributed by atoms with Gasteiger partial charge in [0.1, 0.15) is 11.3 Å². The second-order valence-electron chi connectivity index (χ2n) is 5.23. The fraction of sp³-hybridized carbons (Fsp3) is 0.357. The molecule has 0 spiro atoms. The third-order valence-corrected chi connectivity index (χ3v) is 4.59. The Morgan fingerprint density at radius 2 is 2.17 bits per heavy atom. The minimum absolute atomic E-state index is 0.290. The third kappa shape index (κ3) is 3.20. The summed E-state index contributed by atoms with van der Waals surface area (Å²) in [6.45, 7) is 1.65. The van der Waals surface area contributed by atoms with Crippen molar-refractivity contribution in [2.24, 2.45) is 0 Å². The van der Waals surface area contributed by atoms with Gasteiger partial charge in [-0.05, 0) is 47.5 Å². The largest absolute Gasteiger partial charge is 0.376 e. The zero-order valence-corrected chi connectivity index (χ0v) is 13.1. The van der Waals surface area contributed by atoms with Crippen molar-refractivity contribution < 1.29 is 4.74 Å². The van der Waals surface area contributed by atoms with Crippen LogP contribution in [0.4, 0.5) is 5.13 Å². The van der Waals surface area contributed by atoms with Crippen molar-refractivity contribution in [1.82, 2.24) is 30.4 Å². The van der Waals surface area contributed by atoms with E-state index in [1.165, 1.54) is 11.3 Å². The van der Waals surface area contributed by atoms with Gasteiger partial charge in [-0.2, -0.15) is 0 Å². The highest BCUT2D eigenvalue weighted by molar-refractivity contribution is 7.18. The van der Waals surface area contributed by atoms with Crippen LogP contribution in [0.5, 0.6) is 0 Å². The maximum Gasteiger partial charge on any atom is 0.206 e. The molecule has 23 heavy (non-hydrogen) atoms. The fourth-order valence-electron chi connectivity index (χ4n) is 2.45. The van der Waals surface area contributed by atoms with Crippen molar-refractivity contribution in [3.05, 3.63) is 30.6 Å². The van der Waals surface area contributed by atoms with Crippen LogP contribution in [-0.4, -0.2) is 49.7 Å². The maximum absolute atomic E-state index is 5.59. The topological polar surface area (TPSA) is 90.6 Å². The predicted octanol–water partition coefficient (Wildman–Crippen LogP) is 1.77. The lowest BCUT2D eigenvalue weighted by Crippen LogP contribution is -2.18. The van der Waals surface area contributed by atoms with Crippen LogP contribution in [0.3, 0.4) is 0 Å². The first-order valence-corrected chi connectivity index (χ1v) is 8.23. The summed E-state index contributed by atoms with van der Waals surface area (Å²) in [6, 6.07) is 7.88. The molecular weight excluding hydrogens is 314 g/mol. The van der Waals surface area contributed by atoms with Crippen molar-refractivity contribution >= 4 is 16.5 Å². The number of nitrogens with one attached hydrogen (secondary N) is 1. The molecule has 1 unspecified atom stereocenters. The van der Waals surface area contributed by atoms with Crippen molar-refractivity contribution in [1.29, 1.82) is 0 Å². The molecule has 0 aliphatic carbocycles. The smallest absolute Gasteiger partial charge is 0.206 e. The Morgan fingerprint density at radius 3 is 2.91 bits per heavy atom. The third-order valence-electron chi connectivity index (χ3n) is 3.66. The molecule has 1 aliphatic rings. The molecule has 1 saturated heterocycles. The van der Waals surface area contributed by atoms with E-state index in [0.29, 0.717) is 0 Å². The number of aromatic nitrogens is 6. The van der Waals surface area contributed by atoms with E-state index in [1.807, 2.05) is 24.3 Å². The van der Waals surface area contributed by atoms with E-state index < -0.39 is 0 Å². The highest BCUT2D eigenvalue weighted by Crippen LogP contribution is 2.27. The van der Waals surface area contributed by atoms with Crippen molar-refractivity contribution in [2.75, 3.05) is 18.5 Å². The van der Waals surface area contributed by atoms with E-state index in [0.717, 1.165) is 47.4 Å². The number of tetrazole rings is 1. The molecule has 0 amide bonds. The van der Waals surface area contributed by atoms with Crippen LogP contribution in [0.2, 0.25) is 0 Å². The SMILES string of the molecule is c1cc(-n2cnnn2)ccc1-c1nnc(NCC2CCCO2)s1. The average Bonchev–Trinajstić information content (AvgIpc) is 3.35. The molecular formula is C14H15N7OS. The summed E-state index contributed by atoms with van der Waals surface area (Å²) in [7, 11) is 0. The van der Waals surface area contributed by atoms with Gasteiger partial charge in [0.2, 0.25) is 5.13 Å². The average molecular weight is 329 g/mol. The van der Waals surface area contributed by atoms with E-state index in [1.54, 1.807) is 11.0 Å². The molecule has 0 radical (unpaired) electrons. The normalized spacial score (nSPS) is 17.5. The Morgan fingerprint density at radius 1 is 1.26 bits per heavy atom. The van der Waals surface area contributed by atoms with E-state index in [4.69, 9.17) is 4.74 Å². The number of benzene rings is 1. The molecule has 1 atom stereocenters. The van der Waals surface area contributed by atoms with Gasteiger partial charge in [0.25, 0.3) is 0 Å². The molecule has 3 aromatic rings. The lowest BCUT2D eigenvalue weighted by molar-refractivity contribution is 0.120. The zero-order chi connectivity index (χ0) is 15.5. The second-order valence-corrected chi connectivity index (χ2v) is 6.21. The van der Waals surface area contributed by atoms with Crippen molar-refractivity contribution in [3.8, 4) is 16.3 Å². The lowest BCUT2D eigenvalue weighted by Gasteiger charge is -2.08. The number of hydrogen-bond donors (Lipinski definition) is 1. The summed E-state index contributed by atoms with van der Waals surface area (Å²) >= 11 is 1.54. The summed E-state index contributed by atoms with van der Waals surface area (Å²) in [5, 5.41) is 24.6. The Hall–Kier alpha value is -2.39. The molecule has 2 aromatic heterocycles. The molecule has 0 bridgehead atoms. The Bertz CT molecular complexity index is 750. The molecule has 1 aromatic carbocycles. The fourth-order valence-corrected chi connectivity index (χ4v) is 3.21. The number of ether oxygens (including phenoxy) is 1. The van der Waals surface area contributed by atoms with E-state index in [9.17, 15) is 0 Å². The Balaban J connectivity index is 1.43. The first-order valence-electron chi connectivity index (χ1n) is 7.41. The summed E-state index contributed by atoms with van der Waals surface area (Å²) in [5.74, 6) is 0. The van der Waals surface area contributed by atoms with Crippen LogP contribution in [0, 0.1) is 0 Å². The summed E-state index contributed by atoms with van der Waals surface area (Å²) in [4.78, 5) is 0. The van der Waals surface area contributed by atoms with E-state index in [-0.39, 0.29) is 6.10 Å². The molecule has 118 valence electrons. The summed E-state index contributed by atoms with van der Waals surface area (Å²) < 4.78 is 7.20. The molecule has 1 N–H and O–H groups in total. The highest BCUT2D eigenvalue weighted by atomic mass is 32.1. The van der Waals surface area contributed by atoms with Gasteiger partial charge in [-0.3, -0.25) is 0 Å². The first kappa shape index (κ1) is 14.2. The Labute approximate surface area is 136 Å². The molecule has 3 heterocycles.